The SMILES string of the molecule is Cc1noc([C@@H]2COCCN2[C@H]2CCN(CC(F)(F)F)C2=O)n1. The van der Waals surface area contributed by atoms with Crippen molar-refractivity contribution in [1.82, 2.24) is 19.9 Å². The number of carbonyl (C=O) groups excluding carboxylic acids is 1. The molecule has 2 aliphatic heterocycles. The van der Waals surface area contributed by atoms with Crippen LogP contribution in [0.4, 0.5) is 13.2 Å². The van der Waals surface area contributed by atoms with Gasteiger partial charge in [-0.3, -0.25) is 9.69 Å². The van der Waals surface area contributed by atoms with Crippen molar-refractivity contribution in [2.24, 2.45) is 0 Å². The van der Waals surface area contributed by atoms with Crippen LogP contribution < -0.4 is 0 Å². The summed E-state index contributed by atoms with van der Waals surface area (Å²) >= 11 is 0. The number of aryl methyl sites for hydroxylation is 1. The third kappa shape index (κ3) is 3.47. The van der Waals surface area contributed by atoms with Gasteiger partial charge in [0, 0.05) is 13.1 Å². The molecule has 0 aromatic carbocycles. The number of nitrogens with zero attached hydrogens (tertiary/aromatic N) is 4. The predicted molar refractivity (Wildman–Crippen MR) is 70.3 cm³/mol. The topological polar surface area (TPSA) is 71.7 Å². The first-order chi connectivity index (χ1) is 10.8. The number of morpholine rings is 1. The van der Waals surface area contributed by atoms with Gasteiger partial charge < -0.3 is 14.2 Å². The Bertz CT molecular complexity index is 577. The molecule has 2 fully saturated rings. The molecule has 0 aliphatic carbocycles. The molecule has 23 heavy (non-hydrogen) atoms. The van der Waals surface area contributed by atoms with Crippen LogP contribution in [0, 0.1) is 6.92 Å². The second-order valence-corrected chi connectivity index (χ2v) is 5.69. The van der Waals surface area contributed by atoms with Gasteiger partial charge >= 0.3 is 6.18 Å². The van der Waals surface area contributed by atoms with Gasteiger partial charge in [-0.05, 0) is 13.3 Å². The average Bonchev–Trinajstić information content (AvgIpc) is 3.05. The summed E-state index contributed by atoms with van der Waals surface area (Å²) in [4.78, 5) is 19.2. The molecule has 1 amide bonds. The van der Waals surface area contributed by atoms with Crippen LogP contribution in [-0.2, 0) is 9.53 Å². The molecule has 2 aliphatic rings. The van der Waals surface area contributed by atoms with Crippen LogP contribution in [-0.4, -0.2) is 70.9 Å². The van der Waals surface area contributed by atoms with E-state index < -0.39 is 30.7 Å². The first-order valence-electron chi connectivity index (χ1n) is 7.34. The highest BCUT2D eigenvalue weighted by molar-refractivity contribution is 5.84. The first kappa shape index (κ1) is 16.2. The van der Waals surface area contributed by atoms with E-state index in [2.05, 4.69) is 10.1 Å². The van der Waals surface area contributed by atoms with E-state index in [1.807, 2.05) is 4.90 Å². The lowest BCUT2D eigenvalue weighted by atomic mass is 10.1. The van der Waals surface area contributed by atoms with Crippen molar-refractivity contribution < 1.29 is 27.2 Å². The van der Waals surface area contributed by atoms with Crippen molar-refractivity contribution in [3.63, 3.8) is 0 Å². The lowest BCUT2D eigenvalue weighted by Gasteiger charge is -2.36. The maximum absolute atomic E-state index is 12.5. The molecule has 0 N–H and O–H groups in total. The third-order valence-corrected chi connectivity index (χ3v) is 4.04. The van der Waals surface area contributed by atoms with Crippen LogP contribution in [0.1, 0.15) is 24.2 Å². The summed E-state index contributed by atoms with van der Waals surface area (Å²) in [6.45, 7) is 1.67. The summed E-state index contributed by atoms with van der Waals surface area (Å²) in [5.41, 5.74) is 0. The monoisotopic (exact) mass is 334 g/mol. The van der Waals surface area contributed by atoms with E-state index in [9.17, 15) is 18.0 Å². The summed E-state index contributed by atoms with van der Waals surface area (Å²) in [6, 6.07) is -1.02. The van der Waals surface area contributed by atoms with Gasteiger partial charge in [0.25, 0.3) is 0 Å². The summed E-state index contributed by atoms with van der Waals surface area (Å²) in [5.74, 6) is 0.275. The minimum Gasteiger partial charge on any atom is -0.378 e. The highest BCUT2D eigenvalue weighted by Crippen LogP contribution is 2.30. The molecule has 0 radical (unpaired) electrons. The van der Waals surface area contributed by atoms with E-state index in [4.69, 9.17) is 9.26 Å². The van der Waals surface area contributed by atoms with Gasteiger partial charge in [0.15, 0.2) is 5.82 Å². The molecule has 0 saturated carbocycles. The number of aromatic nitrogens is 2. The largest absolute Gasteiger partial charge is 0.406 e. The molecule has 10 heteroatoms. The van der Waals surface area contributed by atoms with Crippen molar-refractivity contribution in [2.45, 2.75) is 31.6 Å². The van der Waals surface area contributed by atoms with Gasteiger partial charge in [-0.2, -0.15) is 18.2 Å². The standard InChI is InChI=1S/C13H17F3N4O3/c1-8-17-11(23-18-8)10-6-22-5-4-20(10)9-2-3-19(12(9)21)7-13(14,15)16/h9-10H,2-7H2,1H3/t9-,10-/m0/s1. The molecule has 2 atom stereocenters. The van der Waals surface area contributed by atoms with Crippen LogP contribution in [0.3, 0.4) is 0 Å². The van der Waals surface area contributed by atoms with Crippen molar-refractivity contribution >= 4 is 5.91 Å². The quantitative estimate of drug-likeness (QED) is 0.818. The predicted octanol–water partition coefficient (Wildman–Crippen LogP) is 0.915. The number of likely N-dealkylation sites (tertiary alicyclic amines) is 1. The molecule has 7 nitrogen and oxygen atoms in total. The summed E-state index contributed by atoms with van der Waals surface area (Å²) in [6.07, 6.45) is -4.04. The second kappa shape index (κ2) is 6.08. The van der Waals surface area contributed by atoms with Crippen LogP contribution in [0.15, 0.2) is 4.52 Å². The number of halogens is 3. The van der Waals surface area contributed by atoms with Crippen LogP contribution in [0.2, 0.25) is 0 Å². The second-order valence-electron chi connectivity index (χ2n) is 5.69. The Kier molecular flexibility index (Phi) is 4.28. The normalized spacial score (nSPS) is 27.0. The molecule has 3 heterocycles. The van der Waals surface area contributed by atoms with Gasteiger partial charge in [-0.15, -0.1) is 0 Å². The molecule has 0 bridgehead atoms. The number of hydrogen-bond donors (Lipinski definition) is 0. The Morgan fingerprint density at radius 1 is 1.30 bits per heavy atom. The molecule has 128 valence electrons. The minimum absolute atomic E-state index is 0.0932. The van der Waals surface area contributed by atoms with Crippen LogP contribution in [0.5, 0.6) is 0 Å². The molecular weight excluding hydrogens is 317 g/mol. The van der Waals surface area contributed by atoms with Crippen molar-refractivity contribution in [3.05, 3.63) is 11.7 Å². The fourth-order valence-electron chi connectivity index (χ4n) is 3.05. The highest BCUT2D eigenvalue weighted by atomic mass is 19.4. The fourth-order valence-corrected chi connectivity index (χ4v) is 3.05. The Morgan fingerprint density at radius 3 is 2.74 bits per heavy atom. The summed E-state index contributed by atoms with van der Waals surface area (Å²) < 4.78 is 48.2. The summed E-state index contributed by atoms with van der Waals surface area (Å²) in [5, 5.41) is 3.72. The zero-order valence-corrected chi connectivity index (χ0v) is 12.5. The molecule has 1 aromatic heterocycles. The number of carbonyl (C=O) groups is 1. The number of hydrogen-bond acceptors (Lipinski definition) is 6. The van der Waals surface area contributed by atoms with Crippen molar-refractivity contribution in [3.8, 4) is 0 Å². The minimum atomic E-state index is -4.39. The van der Waals surface area contributed by atoms with E-state index in [1.54, 1.807) is 6.92 Å². The molecule has 1 aromatic rings. The van der Waals surface area contributed by atoms with E-state index in [0.717, 1.165) is 4.90 Å². The maximum atomic E-state index is 12.5. The number of rotatable bonds is 3. The zero-order valence-electron chi connectivity index (χ0n) is 12.5. The van der Waals surface area contributed by atoms with E-state index in [-0.39, 0.29) is 13.2 Å². The fraction of sp³-hybridized carbons (Fsp3) is 0.769. The summed E-state index contributed by atoms with van der Waals surface area (Å²) in [7, 11) is 0. The van der Waals surface area contributed by atoms with Gasteiger partial charge in [0.2, 0.25) is 11.8 Å². The highest BCUT2D eigenvalue weighted by Gasteiger charge is 2.45. The Balaban J connectivity index is 1.75. The van der Waals surface area contributed by atoms with Crippen LogP contribution in [0.25, 0.3) is 0 Å². The number of amides is 1. The number of ether oxygens (including phenoxy) is 1. The Hall–Kier alpha value is -1.68. The smallest absolute Gasteiger partial charge is 0.378 e. The molecule has 3 rings (SSSR count). The van der Waals surface area contributed by atoms with Gasteiger partial charge in [0.1, 0.15) is 12.6 Å². The third-order valence-electron chi connectivity index (χ3n) is 4.04. The van der Waals surface area contributed by atoms with E-state index in [1.165, 1.54) is 0 Å². The lowest BCUT2D eigenvalue weighted by Crippen LogP contribution is -2.50. The van der Waals surface area contributed by atoms with Gasteiger partial charge in [-0.1, -0.05) is 5.16 Å². The molecule has 2 saturated heterocycles. The van der Waals surface area contributed by atoms with Gasteiger partial charge in [0.05, 0.1) is 19.3 Å². The van der Waals surface area contributed by atoms with E-state index >= 15 is 0 Å². The molecular formula is C13H17F3N4O3. The molecule has 0 unspecified atom stereocenters. The van der Waals surface area contributed by atoms with Crippen LogP contribution >= 0.6 is 0 Å². The zero-order chi connectivity index (χ0) is 16.6. The number of alkyl halides is 3. The molecule has 0 spiro atoms. The lowest BCUT2D eigenvalue weighted by molar-refractivity contribution is -0.160. The average molecular weight is 334 g/mol. The van der Waals surface area contributed by atoms with Crippen molar-refractivity contribution in [1.29, 1.82) is 0 Å². The first-order valence-corrected chi connectivity index (χ1v) is 7.34. The van der Waals surface area contributed by atoms with E-state index in [0.29, 0.717) is 31.3 Å². The Labute approximate surface area is 130 Å². The van der Waals surface area contributed by atoms with Gasteiger partial charge in [-0.25, -0.2) is 0 Å². The maximum Gasteiger partial charge on any atom is 0.406 e. The van der Waals surface area contributed by atoms with Crippen molar-refractivity contribution in [2.75, 3.05) is 32.8 Å². The Morgan fingerprint density at radius 2 is 2.09 bits per heavy atom.